The van der Waals surface area contributed by atoms with E-state index in [1.54, 1.807) is 16.7 Å². The normalized spacial score (nSPS) is 15.5. The summed E-state index contributed by atoms with van der Waals surface area (Å²) in [6.45, 7) is 5.05. The molecule has 0 saturated carbocycles. The molecule has 0 saturated heterocycles. The zero-order valence-electron chi connectivity index (χ0n) is 12.1. The minimum atomic E-state index is -0.312. The Kier molecular flexibility index (Phi) is 3.88. The monoisotopic (exact) mass is 303 g/mol. The number of aromatic nitrogens is 2. The number of thiazole rings is 1. The smallest absolute Gasteiger partial charge is 0.356 e. The summed E-state index contributed by atoms with van der Waals surface area (Å²) in [5.41, 5.74) is 3.48. The van der Waals surface area contributed by atoms with Crippen LogP contribution in [0.15, 0.2) is 22.6 Å². The van der Waals surface area contributed by atoms with Gasteiger partial charge in [-0.2, -0.15) is 0 Å². The Labute approximate surface area is 127 Å². The topological polar surface area (TPSA) is 56.0 Å². The van der Waals surface area contributed by atoms with Gasteiger partial charge in [-0.1, -0.05) is 6.08 Å². The molecule has 5 nitrogen and oxygen atoms in total. The van der Waals surface area contributed by atoms with Gasteiger partial charge in [0.2, 0.25) is 0 Å². The van der Waals surface area contributed by atoms with Crippen LogP contribution in [0, 0.1) is 0 Å². The molecule has 2 aromatic heterocycles. The van der Waals surface area contributed by atoms with Gasteiger partial charge in [0.25, 0.3) is 0 Å². The molecule has 0 fully saturated rings. The van der Waals surface area contributed by atoms with E-state index in [1.165, 1.54) is 11.3 Å². The molecule has 0 radical (unpaired) electrons. The van der Waals surface area contributed by atoms with E-state index in [4.69, 9.17) is 4.74 Å². The van der Waals surface area contributed by atoms with Gasteiger partial charge in [-0.25, -0.2) is 9.78 Å². The first-order valence-corrected chi connectivity index (χ1v) is 7.94. The van der Waals surface area contributed by atoms with Crippen molar-refractivity contribution in [2.24, 2.45) is 4.99 Å². The SMILES string of the molecule is CCOC(=O)c1csc2nc(C3=CCCCN=C3C)cn12. The van der Waals surface area contributed by atoms with Crippen LogP contribution in [-0.2, 0) is 4.74 Å². The fraction of sp³-hybridized carbons (Fsp3) is 0.400. The van der Waals surface area contributed by atoms with Crippen LogP contribution in [0.5, 0.6) is 0 Å². The summed E-state index contributed by atoms with van der Waals surface area (Å²) in [5, 5.41) is 1.78. The van der Waals surface area contributed by atoms with Crippen LogP contribution in [0.4, 0.5) is 0 Å². The number of imidazole rings is 1. The van der Waals surface area contributed by atoms with E-state index in [9.17, 15) is 4.79 Å². The van der Waals surface area contributed by atoms with Gasteiger partial charge in [-0.15, -0.1) is 11.3 Å². The quantitative estimate of drug-likeness (QED) is 0.818. The summed E-state index contributed by atoms with van der Waals surface area (Å²) >= 11 is 1.44. The van der Waals surface area contributed by atoms with E-state index < -0.39 is 0 Å². The van der Waals surface area contributed by atoms with Crippen molar-refractivity contribution in [2.45, 2.75) is 26.7 Å². The van der Waals surface area contributed by atoms with Crippen molar-refractivity contribution in [2.75, 3.05) is 13.2 Å². The molecule has 0 aliphatic carbocycles. The van der Waals surface area contributed by atoms with Crippen LogP contribution in [0.25, 0.3) is 10.5 Å². The average molecular weight is 303 g/mol. The van der Waals surface area contributed by atoms with Gasteiger partial charge < -0.3 is 4.74 Å². The molecule has 1 aliphatic heterocycles. The Hall–Kier alpha value is -1.95. The minimum Gasteiger partial charge on any atom is -0.461 e. The second-order valence-electron chi connectivity index (χ2n) is 4.85. The molecule has 0 spiro atoms. The van der Waals surface area contributed by atoms with Gasteiger partial charge in [0.1, 0.15) is 5.69 Å². The zero-order chi connectivity index (χ0) is 14.8. The lowest BCUT2D eigenvalue weighted by Crippen LogP contribution is -2.07. The molecule has 0 N–H and O–H groups in total. The molecule has 6 heteroatoms. The van der Waals surface area contributed by atoms with Gasteiger partial charge >= 0.3 is 5.97 Å². The second-order valence-corrected chi connectivity index (χ2v) is 5.68. The number of hydrogen-bond donors (Lipinski definition) is 0. The fourth-order valence-corrected chi connectivity index (χ4v) is 3.22. The van der Waals surface area contributed by atoms with Crippen molar-refractivity contribution in [3.63, 3.8) is 0 Å². The Morgan fingerprint density at radius 2 is 2.38 bits per heavy atom. The standard InChI is InChI=1S/C15H17N3O2S/c1-3-20-14(19)13-9-21-15-17-12(8-18(13)15)11-6-4-5-7-16-10(11)2/h6,8-9H,3-5,7H2,1-2H3. The Morgan fingerprint density at radius 3 is 3.19 bits per heavy atom. The van der Waals surface area contributed by atoms with Crippen LogP contribution >= 0.6 is 11.3 Å². The number of ether oxygens (including phenoxy) is 1. The van der Waals surface area contributed by atoms with Gasteiger partial charge in [0.05, 0.1) is 12.3 Å². The largest absolute Gasteiger partial charge is 0.461 e. The molecule has 3 rings (SSSR count). The van der Waals surface area contributed by atoms with Crippen molar-refractivity contribution in [1.29, 1.82) is 0 Å². The van der Waals surface area contributed by atoms with Crippen molar-refractivity contribution in [3.8, 4) is 0 Å². The van der Waals surface area contributed by atoms with Crippen LogP contribution in [0.3, 0.4) is 0 Å². The van der Waals surface area contributed by atoms with E-state index in [1.807, 2.05) is 13.1 Å². The highest BCUT2D eigenvalue weighted by molar-refractivity contribution is 7.15. The maximum Gasteiger partial charge on any atom is 0.356 e. The summed E-state index contributed by atoms with van der Waals surface area (Å²) in [5.74, 6) is -0.312. The molecule has 3 heterocycles. The maximum absolute atomic E-state index is 11.9. The third-order valence-electron chi connectivity index (χ3n) is 3.42. The molecule has 0 aromatic carbocycles. The van der Waals surface area contributed by atoms with Crippen LogP contribution in [0.2, 0.25) is 0 Å². The molecular weight excluding hydrogens is 286 g/mol. The molecular formula is C15H17N3O2S. The van der Waals surface area contributed by atoms with E-state index in [-0.39, 0.29) is 5.97 Å². The number of hydrogen-bond acceptors (Lipinski definition) is 5. The lowest BCUT2D eigenvalue weighted by Gasteiger charge is -2.01. The lowest BCUT2D eigenvalue weighted by atomic mass is 10.1. The van der Waals surface area contributed by atoms with E-state index in [2.05, 4.69) is 16.1 Å². The number of allylic oxidation sites excluding steroid dienone is 2. The highest BCUT2D eigenvalue weighted by Gasteiger charge is 2.18. The average Bonchev–Trinajstić information content (AvgIpc) is 2.96. The number of carbonyl (C=O) groups is 1. The molecule has 110 valence electrons. The number of aliphatic imine (C=N–C) groups is 1. The Morgan fingerprint density at radius 1 is 1.52 bits per heavy atom. The van der Waals surface area contributed by atoms with Gasteiger partial charge in [-0.05, 0) is 26.7 Å². The van der Waals surface area contributed by atoms with Crippen LogP contribution < -0.4 is 0 Å². The summed E-state index contributed by atoms with van der Waals surface area (Å²) in [6, 6.07) is 0. The van der Waals surface area contributed by atoms with E-state index in [0.717, 1.165) is 41.3 Å². The maximum atomic E-state index is 11.9. The van der Waals surface area contributed by atoms with Gasteiger partial charge in [-0.3, -0.25) is 9.39 Å². The van der Waals surface area contributed by atoms with Gasteiger partial charge in [0, 0.05) is 29.4 Å². The second kappa shape index (κ2) is 5.81. The first kappa shape index (κ1) is 14.0. The first-order valence-electron chi connectivity index (χ1n) is 7.06. The van der Waals surface area contributed by atoms with E-state index >= 15 is 0 Å². The van der Waals surface area contributed by atoms with Crippen molar-refractivity contribution >= 4 is 33.6 Å². The number of fused-ring (bicyclic) bond motifs is 1. The highest BCUT2D eigenvalue weighted by Crippen LogP contribution is 2.24. The lowest BCUT2D eigenvalue weighted by molar-refractivity contribution is 0.0518. The molecule has 0 amide bonds. The molecule has 0 unspecified atom stereocenters. The molecule has 1 aliphatic rings. The number of nitrogens with zero attached hydrogens (tertiary/aromatic N) is 3. The van der Waals surface area contributed by atoms with Crippen molar-refractivity contribution in [1.82, 2.24) is 9.38 Å². The van der Waals surface area contributed by atoms with Crippen molar-refractivity contribution in [3.05, 3.63) is 29.0 Å². The third kappa shape index (κ3) is 2.63. The minimum absolute atomic E-state index is 0.312. The zero-order valence-corrected chi connectivity index (χ0v) is 12.9. The summed E-state index contributed by atoms with van der Waals surface area (Å²) in [4.78, 5) is 21.9. The predicted octanol–water partition coefficient (Wildman–Crippen LogP) is 3.21. The van der Waals surface area contributed by atoms with Crippen molar-refractivity contribution < 1.29 is 9.53 Å². The number of esters is 1. The third-order valence-corrected chi connectivity index (χ3v) is 4.26. The molecule has 2 aromatic rings. The van der Waals surface area contributed by atoms with Crippen LogP contribution in [0.1, 0.15) is 42.9 Å². The summed E-state index contributed by atoms with van der Waals surface area (Å²) < 4.78 is 6.87. The molecule has 0 bridgehead atoms. The molecule has 0 atom stereocenters. The van der Waals surface area contributed by atoms with Gasteiger partial charge in [0.15, 0.2) is 4.96 Å². The van der Waals surface area contributed by atoms with E-state index in [0.29, 0.717) is 12.3 Å². The Balaban J connectivity index is 2.02. The number of carbonyl (C=O) groups excluding carboxylic acids is 1. The summed E-state index contributed by atoms with van der Waals surface area (Å²) in [7, 11) is 0. The first-order chi connectivity index (χ1) is 10.2. The number of rotatable bonds is 3. The van der Waals surface area contributed by atoms with Crippen LogP contribution in [-0.4, -0.2) is 34.2 Å². The molecule has 21 heavy (non-hydrogen) atoms. The Bertz CT molecular complexity index is 739. The predicted molar refractivity (Wildman–Crippen MR) is 84.2 cm³/mol. The summed E-state index contributed by atoms with van der Waals surface area (Å²) in [6.07, 6.45) is 6.15. The fourth-order valence-electron chi connectivity index (χ4n) is 2.37. The highest BCUT2D eigenvalue weighted by atomic mass is 32.1.